The van der Waals surface area contributed by atoms with Crippen molar-refractivity contribution in [3.05, 3.63) is 22.6 Å². The molecule has 1 fully saturated rings. The second-order valence-electron chi connectivity index (χ2n) is 4.99. The number of ether oxygens (including phenoxy) is 1. The largest absolute Gasteiger partial charge is 0.466 e. The predicted molar refractivity (Wildman–Crippen MR) is 72.9 cm³/mol. The van der Waals surface area contributed by atoms with Crippen LogP contribution in [0.15, 0.2) is 21.2 Å². The monoisotopic (exact) mass is 317 g/mol. The number of hydrazine groups is 1. The summed E-state index contributed by atoms with van der Waals surface area (Å²) in [4.78, 5) is 2.37. The summed E-state index contributed by atoms with van der Waals surface area (Å²) >= 11 is 3.49. The summed E-state index contributed by atoms with van der Waals surface area (Å²) in [5.74, 6) is 6.56. The molecule has 1 aromatic rings. The summed E-state index contributed by atoms with van der Waals surface area (Å²) in [5.41, 5.74) is 2.72. The lowest BCUT2D eigenvalue weighted by atomic mass is 9.90. The molecule has 0 radical (unpaired) electrons. The van der Waals surface area contributed by atoms with Gasteiger partial charge in [-0.05, 0) is 35.8 Å². The zero-order valence-corrected chi connectivity index (χ0v) is 12.4. The highest BCUT2D eigenvalue weighted by Gasteiger charge is 2.39. The van der Waals surface area contributed by atoms with Crippen LogP contribution in [-0.4, -0.2) is 36.7 Å². The second kappa shape index (κ2) is 5.71. The summed E-state index contributed by atoms with van der Waals surface area (Å²) in [5, 5.41) is 0. The SMILES string of the molecule is CC(C)(C(NN)c1occc1Br)N1CCOCC1. The van der Waals surface area contributed by atoms with Gasteiger partial charge >= 0.3 is 0 Å². The van der Waals surface area contributed by atoms with Gasteiger partial charge in [0, 0.05) is 18.6 Å². The Balaban J connectivity index is 2.22. The summed E-state index contributed by atoms with van der Waals surface area (Å²) in [6, 6.07) is 1.80. The summed E-state index contributed by atoms with van der Waals surface area (Å²) in [6.45, 7) is 7.67. The van der Waals surface area contributed by atoms with Crippen molar-refractivity contribution in [3.63, 3.8) is 0 Å². The molecule has 5 nitrogen and oxygen atoms in total. The predicted octanol–water partition coefficient (Wildman–Crippen LogP) is 1.66. The smallest absolute Gasteiger partial charge is 0.138 e. The van der Waals surface area contributed by atoms with Gasteiger partial charge in [-0.1, -0.05) is 0 Å². The van der Waals surface area contributed by atoms with Crippen molar-refractivity contribution in [1.29, 1.82) is 0 Å². The highest BCUT2D eigenvalue weighted by Crippen LogP contribution is 2.35. The van der Waals surface area contributed by atoms with Crippen LogP contribution in [0.5, 0.6) is 0 Å². The number of nitrogens with two attached hydrogens (primary N) is 1. The van der Waals surface area contributed by atoms with E-state index in [1.165, 1.54) is 0 Å². The third-order valence-electron chi connectivity index (χ3n) is 3.61. The molecule has 1 aliphatic rings. The number of rotatable bonds is 4. The van der Waals surface area contributed by atoms with Gasteiger partial charge in [-0.15, -0.1) is 0 Å². The van der Waals surface area contributed by atoms with Crippen molar-refractivity contribution >= 4 is 15.9 Å². The zero-order chi connectivity index (χ0) is 13.2. The minimum Gasteiger partial charge on any atom is -0.466 e. The van der Waals surface area contributed by atoms with Crippen LogP contribution in [0, 0.1) is 0 Å². The summed E-state index contributed by atoms with van der Waals surface area (Å²) in [7, 11) is 0. The molecular formula is C12H20BrN3O2. The van der Waals surface area contributed by atoms with E-state index < -0.39 is 0 Å². The third kappa shape index (κ3) is 2.62. The molecule has 1 saturated heterocycles. The number of morpholine rings is 1. The van der Waals surface area contributed by atoms with Crippen LogP contribution in [-0.2, 0) is 4.74 Å². The molecule has 0 spiro atoms. The molecule has 0 aliphatic carbocycles. The average Bonchev–Trinajstić information content (AvgIpc) is 2.78. The molecule has 2 rings (SSSR count). The molecule has 1 aliphatic heterocycles. The molecule has 6 heteroatoms. The molecule has 3 N–H and O–H groups in total. The molecule has 0 amide bonds. The van der Waals surface area contributed by atoms with E-state index in [1.54, 1.807) is 6.26 Å². The Bertz CT molecular complexity index is 388. The van der Waals surface area contributed by atoms with Gasteiger partial charge in [0.15, 0.2) is 0 Å². The average molecular weight is 318 g/mol. The highest BCUT2D eigenvalue weighted by atomic mass is 79.9. The van der Waals surface area contributed by atoms with E-state index in [4.69, 9.17) is 15.0 Å². The first-order chi connectivity index (χ1) is 8.57. The maximum absolute atomic E-state index is 5.74. The lowest BCUT2D eigenvalue weighted by molar-refractivity contribution is -0.0266. The Labute approximate surface area is 116 Å². The van der Waals surface area contributed by atoms with Gasteiger partial charge < -0.3 is 9.15 Å². The number of hydrogen-bond acceptors (Lipinski definition) is 5. The van der Waals surface area contributed by atoms with Gasteiger partial charge in [0.05, 0.1) is 30.0 Å². The van der Waals surface area contributed by atoms with Gasteiger partial charge in [0.2, 0.25) is 0 Å². The molecule has 102 valence electrons. The van der Waals surface area contributed by atoms with Crippen molar-refractivity contribution in [2.45, 2.75) is 25.4 Å². The Morgan fingerprint density at radius 2 is 2.11 bits per heavy atom. The fourth-order valence-corrected chi connectivity index (χ4v) is 2.86. The van der Waals surface area contributed by atoms with Crippen LogP contribution in [0.1, 0.15) is 25.6 Å². The Hall–Kier alpha value is -0.400. The van der Waals surface area contributed by atoms with Gasteiger partial charge in [-0.25, -0.2) is 5.43 Å². The molecule has 0 bridgehead atoms. The topological polar surface area (TPSA) is 63.7 Å². The first-order valence-corrected chi connectivity index (χ1v) is 6.88. The molecule has 18 heavy (non-hydrogen) atoms. The number of hydrogen-bond donors (Lipinski definition) is 2. The van der Waals surface area contributed by atoms with E-state index in [2.05, 4.69) is 40.1 Å². The fourth-order valence-electron chi connectivity index (χ4n) is 2.43. The van der Waals surface area contributed by atoms with Crippen molar-refractivity contribution in [1.82, 2.24) is 10.3 Å². The van der Waals surface area contributed by atoms with Crippen LogP contribution in [0.3, 0.4) is 0 Å². The van der Waals surface area contributed by atoms with E-state index in [-0.39, 0.29) is 11.6 Å². The molecule has 1 atom stereocenters. The summed E-state index contributed by atoms with van der Waals surface area (Å²) in [6.07, 6.45) is 1.67. The zero-order valence-electron chi connectivity index (χ0n) is 10.8. The maximum atomic E-state index is 5.74. The molecule has 1 unspecified atom stereocenters. The van der Waals surface area contributed by atoms with Crippen LogP contribution in [0.4, 0.5) is 0 Å². The van der Waals surface area contributed by atoms with E-state index in [0.29, 0.717) is 0 Å². The number of nitrogens with one attached hydrogen (secondary N) is 1. The van der Waals surface area contributed by atoms with E-state index >= 15 is 0 Å². The van der Waals surface area contributed by atoms with Gasteiger partial charge in [-0.3, -0.25) is 10.7 Å². The number of furan rings is 1. The Kier molecular flexibility index (Phi) is 4.45. The first-order valence-electron chi connectivity index (χ1n) is 6.09. The molecular weight excluding hydrogens is 298 g/mol. The Morgan fingerprint density at radius 3 is 2.61 bits per heavy atom. The third-order valence-corrected chi connectivity index (χ3v) is 4.26. The van der Waals surface area contributed by atoms with E-state index in [0.717, 1.165) is 36.5 Å². The molecule has 0 aromatic carbocycles. The maximum Gasteiger partial charge on any atom is 0.138 e. The lowest BCUT2D eigenvalue weighted by Crippen LogP contribution is -2.57. The summed E-state index contributed by atoms with van der Waals surface area (Å²) < 4.78 is 11.9. The van der Waals surface area contributed by atoms with Crippen molar-refractivity contribution in [2.24, 2.45) is 5.84 Å². The van der Waals surface area contributed by atoms with Gasteiger partial charge in [-0.2, -0.15) is 0 Å². The normalized spacial score (nSPS) is 20.0. The highest BCUT2D eigenvalue weighted by molar-refractivity contribution is 9.10. The number of nitrogens with zero attached hydrogens (tertiary/aromatic N) is 1. The van der Waals surface area contributed by atoms with Crippen LogP contribution in [0.2, 0.25) is 0 Å². The van der Waals surface area contributed by atoms with Crippen LogP contribution >= 0.6 is 15.9 Å². The molecule has 0 saturated carbocycles. The first kappa shape index (κ1) is 14.0. The minimum atomic E-state index is -0.154. The number of halogens is 1. The van der Waals surface area contributed by atoms with Crippen molar-refractivity contribution in [3.8, 4) is 0 Å². The minimum absolute atomic E-state index is 0.0834. The molecule has 2 heterocycles. The lowest BCUT2D eigenvalue weighted by Gasteiger charge is -2.44. The second-order valence-corrected chi connectivity index (χ2v) is 5.84. The van der Waals surface area contributed by atoms with Crippen LogP contribution in [0.25, 0.3) is 0 Å². The molecule has 1 aromatic heterocycles. The van der Waals surface area contributed by atoms with Gasteiger partial charge in [0.25, 0.3) is 0 Å². The van der Waals surface area contributed by atoms with Crippen molar-refractivity contribution in [2.75, 3.05) is 26.3 Å². The van der Waals surface area contributed by atoms with E-state index in [9.17, 15) is 0 Å². The van der Waals surface area contributed by atoms with Gasteiger partial charge in [0.1, 0.15) is 5.76 Å². The quantitative estimate of drug-likeness (QED) is 0.653. The fraction of sp³-hybridized carbons (Fsp3) is 0.667. The van der Waals surface area contributed by atoms with Crippen molar-refractivity contribution < 1.29 is 9.15 Å². The van der Waals surface area contributed by atoms with Crippen LogP contribution < -0.4 is 11.3 Å². The van der Waals surface area contributed by atoms with E-state index in [1.807, 2.05) is 6.07 Å². The Morgan fingerprint density at radius 1 is 1.44 bits per heavy atom. The standard InChI is InChI=1S/C12H20BrN3O2/c1-12(2,16-4-7-17-8-5-16)11(15-14)10-9(13)3-6-18-10/h3,6,11,15H,4-5,7-8,14H2,1-2H3.